The molecule has 1 aliphatic heterocycles. The van der Waals surface area contributed by atoms with Crippen LogP contribution in [0.4, 0.5) is 13.2 Å². The van der Waals surface area contributed by atoms with Crippen molar-refractivity contribution in [2.75, 3.05) is 0 Å². The van der Waals surface area contributed by atoms with Gasteiger partial charge in [0.05, 0.1) is 11.7 Å². The fourth-order valence-electron chi connectivity index (χ4n) is 3.20. The molecule has 0 spiro atoms. The van der Waals surface area contributed by atoms with Gasteiger partial charge < -0.3 is 10.6 Å². The third kappa shape index (κ3) is 6.69. The molecule has 2 atom stereocenters. The normalized spacial score (nSPS) is 19.7. The zero-order chi connectivity index (χ0) is 23.5. The first kappa shape index (κ1) is 24.0. The summed E-state index contributed by atoms with van der Waals surface area (Å²) in [6.07, 6.45) is -4.22. The molecule has 2 aromatic carbocycles. The Labute approximate surface area is 189 Å². The van der Waals surface area contributed by atoms with Crippen molar-refractivity contribution in [1.29, 1.82) is 0 Å². The molecule has 4 N–H and O–H groups in total. The lowest BCUT2D eigenvalue weighted by Crippen LogP contribution is -2.54. The summed E-state index contributed by atoms with van der Waals surface area (Å²) < 4.78 is 39.0. The van der Waals surface area contributed by atoms with Gasteiger partial charge in [-0.1, -0.05) is 29.8 Å². The maximum absolute atomic E-state index is 13.0. The molecule has 1 aliphatic rings. The van der Waals surface area contributed by atoms with Crippen LogP contribution in [0.15, 0.2) is 53.5 Å². The third-order valence-corrected chi connectivity index (χ3v) is 4.84. The second kappa shape index (κ2) is 9.48. The summed E-state index contributed by atoms with van der Waals surface area (Å²) >= 11 is 6.07. The molecule has 2 unspecified atom stereocenters. The van der Waals surface area contributed by atoms with Crippen LogP contribution in [0.1, 0.15) is 54.7 Å². The van der Waals surface area contributed by atoms with Gasteiger partial charge in [-0.2, -0.15) is 18.2 Å². The van der Waals surface area contributed by atoms with E-state index in [9.17, 15) is 18.0 Å². The average Bonchev–Trinajstić information content (AvgIpc) is 3.14. The Hall–Kier alpha value is -2.62. The molecular weight excluding hydrogens is 443 g/mol. The highest BCUT2D eigenvalue weighted by Gasteiger charge is 2.31. The molecular formula is C22H25ClF3N5O. The molecule has 0 saturated carbocycles. The maximum atomic E-state index is 13.0. The van der Waals surface area contributed by atoms with Gasteiger partial charge in [-0.05, 0) is 56.7 Å². The highest BCUT2D eigenvalue weighted by Crippen LogP contribution is 2.29. The number of amides is 1. The standard InChI is InChI=1S/C22H25ClF3N5O/c1-21(2,3)29-20(28-19(32)14-7-4-8-15(10-14)22(24,25)26)27-18-12-17(30-31-18)13-6-5-9-16(23)11-13/h4-11,17-18,30-31H,12H2,1-3H3,(H2,27,28,29,32). The molecule has 1 heterocycles. The number of benzene rings is 2. The number of nitrogens with one attached hydrogen (secondary N) is 4. The summed E-state index contributed by atoms with van der Waals surface area (Å²) in [5.74, 6) is -0.626. The Morgan fingerprint density at radius 3 is 2.47 bits per heavy atom. The predicted octanol–water partition coefficient (Wildman–Crippen LogP) is 4.40. The molecule has 10 heteroatoms. The van der Waals surface area contributed by atoms with Crippen molar-refractivity contribution in [3.8, 4) is 0 Å². The number of guanidine groups is 1. The van der Waals surface area contributed by atoms with Crippen LogP contribution in [0.25, 0.3) is 0 Å². The number of hydrogen-bond acceptors (Lipinski definition) is 3. The van der Waals surface area contributed by atoms with Crippen LogP contribution in [0.2, 0.25) is 5.02 Å². The number of carbonyl (C=O) groups is 1. The van der Waals surface area contributed by atoms with E-state index in [0.29, 0.717) is 11.4 Å². The second-order valence-electron chi connectivity index (χ2n) is 8.55. The van der Waals surface area contributed by atoms with Crippen molar-refractivity contribution in [2.24, 2.45) is 4.99 Å². The largest absolute Gasteiger partial charge is 0.416 e. The highest BCUT2D eigenvalue weighted by atomic mass is 35.5. The lowest BCUT2D eigenvalue weighted by atomic mass is 10.0. The van der Waals surface area contributed by atoms with Crippen LogP contribution in [0.3, 0.4) is 0 Å². The van der Waals surface area contributed by atoms with E-state index in [4.69, 9.17) is 11.6 Å². The summed E-state index contributed by atoms with van der Waals surface area (Å²) in [5.41, 5.74) is 5.76. The predicted molar refractivity (Wildman–Crippen MR) is 118 cm³/mol. The molecule has 0 bridgehead atoms. The van der Waals surface area contributed by atoms with Crippen molar-refractivity contribution < 1.29 is 18.0 Å². The molecule has 0 aromatic heterocycles. The zero-order valence-electron chi connectivity index (χ0n) is 17.8. The van der Waals surface area contributed by atoms with Crippen LogP contribution >= 0.6 is 11.6 Å². The van der Waals surface area contributed by atoms with Crippen LogP contribution in [0.5, 0.6) is 0 Å². The number of aliphatic imine (C=N–C) groups is 1. The van der Waals surface area contributed by atoms with Crippen molar-refractivity contribution in [1.82, 2.24) is 21.5 Å². The topological polar surface area (TPSA) is 77.5 Å². The van der Waals surface area contributed by atoms with E-state index in [0.717, 1.165) is 17.7 Å². The molecule has 6 nitrogen and oxygen atoms in total. The monoisotopic (exact) mass is 467 g/mol. The van der Waals surface area contributed by atoms with Crippen molar-refractivity contribution in [3.63, 3.8) is 0 Å². The van der Waals surface area contributed by atoms with Crippen molar-refractivity contribution >= 4 is 23.5 Å². The van der Waals surface area contributed by atoms with Gasteiger partial charge in [0.15, 0.2) is 0 Å². The Morgan fingerprint density at radius 2 is 1.81 bits per heavy atom. The van der Waals surface area contributed by atoms with E-state index in [1.54, 1.807) is 6.07 Å². The van der Waals surface area contributed by atoms with Crippen LogP contribution in [0, 0.1) is 0 Å². The van der Waals surface area contributed by atoms with E-state index < -0.39 is 23.2 Å². The van der Waals surface area contributed by atoms with E-state index in [2.05, 4.69) is 26.5 Å². The fraction of sp³-hybridized carbons (Fsp3) is 0.364. The van der Waals surface area contributed by atoms with Gasteiger partial charge in [0.2, 0.25) is 5.96 Å². The molecule has 1 saturated heterocycles. The van der Waals surface area contributed by atoms with Gasteiger partial charge in [-0.15, -0.1) is 0 Å². The second-order valence-corrected chi connectivity index (χ2v) is 8.98. The Kier molecular flexibility index (Phi) is 7.12. The number of hydrazine groups is 1. The number of carbonyl (C=O) groups excluding carboxylic acids is 1. The average molecular weight is 468 g/mol. The summed E-state index contributed by atoms with van der Waals surface area (Å²) in [6.45, 7) is 5.65. The number of nitrogens with zero attached hydrogens (tertiary/aromatic N) is 1. The van der Waals surface area contributed by atoms with Crippen molar-refractivity contribution in [2.45, 2.75) is 51.1 Å². The van der Waals surface area contributed by atoms with Gasteiger partial charge in [-0.25, -0.2) is 10.9 Å². The van der Waals surface area contributed by atoms with Gasteiger partial charge in [0.25, 0.3) is 5.91 Å². The first-order valence-electron chi connectivity index (χ1n) is 10.0. The van der Waals surface area contributed by atoms with E-state index in [-0.39, 0.29) is 23.7 Å². The quantitative estimate of drug-likeness (QED) is 0.397. The van der Waals surface area contributed by atoms with E-state index in [1.807, 2.05) is 39.0 Å². The van der Waals surface area contributed by atoms with Crippen molar-refractivity contribution in [3.05, 3.63) is 70.2 Å². The molecule has 32 heavy (non-hydrogen) atoms. The minimum Gasteiger partial charge on any atom is -0.351 e. The molecule has 1 amide bonds. The molecule has 1 fully saturated rings. The summed E-state index contributed by atoms with van der Waals surface area (Å²) in [6, 6.07) is 11.6. The van der Waals surface area contributed by atoms with Gasteiger partial charge in [-0.3, -0.25) is 4.79 Å². The van der Waals surface area contributed by atoms with E-state index >= 15 is 0 Å². The summed E-state index contributed by atoms with van der Waals surface area (Å²) in [7, 11) is 0. The number of hydrogen-bond donors (Lipinski definition) is 4. The van der Waals surface area contributed by atoms with Gasteiger partial charge in [0.1, 0.15) is 0 Å². The number of alkyl halides is 3. The first-order valence-corrected chi connectivity index (χ1v) is 10.4. The summed E-state index contributed by atoms with van der Waals surface area (Å²) in [4.78, 5) is 16.7. The SMILES string of the molecule is CC(C)(C)N/C(=N/C(=O)c1cccc(C(F)(F)F)c1)NC1CC(c2cccc(Cl)c2)NN1. The van der Waals surface area contributed by atoms with E-state index in [1.165, 1.54) is 12.1 Å². The minimum atomic E-state index is -4.54. The number of halogens is 4. The highest BCUT2D eigenvalue weighted by molar-refractivity contribution is 6.30. The molecule has 2 aromatic rings. The van der Waals surface area contributed by atoms with Crippen LogP contribution in [-0.2, 0) is 6.18 Å². The lowest BCUT2D eigenvalue weighted by Gasteiger charge is -2.25. The number of rotatable bonds is 3. The minimum absolute atomic E-state index is 0.0266. The first-order chi connectivity index (χ1) is 14.9. The molecule has 3 rings (SSSR count). The fourth-order valence-corrected chi connectivity index (χ4v) is 3.40. The Balaban J connectivity index is 1.77. The molecule has 0 radical (unpaired) electrons. The Bertz CT molecular complexity index is 1000. The Morgan fingerprint density at radius 1 is 1.09 bits per heavy atom. The lowest BCUT2D eigenvalue weighted by molar-refractivity contribution is -0.137. The third-order valence-electron chi connectivity index (χ3n) is 4.61. The summed E-state index contributed by atoms with van der Waals surface area (Å²) in [5, 5.41) is 6.85. The molecule has 0 aliphatic carbocycles. The van der Waals surface area contributed by atoms with Gasteiger partial charge in [0, 0.05) is 28.6 Å². The zero-order valence-corrected chi connectivity index (χ0v) is 18.6. The van der Waals surface area contributed by atoms with Gasteiger partial charge >= 0.3 is 6.18 Å². The maximum Gasteiger partial charge on any atom is 0.416 e. The smallest absolute Gasteiger partial charge is 0.351 e. The van der Waals surface area contributed by atoms with Crippen LogP contribution < -0.4 is 21.5 Å². The molecule has 172 valence electrons. The van der Waals surface area contributed by atoms with Crippen LogP contribution in [-0.4, -0.2) is 23.6 Å².